The first-order valence-electron chi connectivity index (χ1n) is 7.10. The van der Waals surface area contributed by atoms with E-state index in [-0.39, 0.29) is 18.3 Å². The first kappa shape index (κ1) is 16.9. The van der Waals surface area contributed by atoms with E-state index in [4.69, 9.17) is 4.74 Å². The topological polar surface area (TPSA) is 41.5 Å². The van der Waals surface area contributed by atoms with Crippen LogP contribution in [0.4, 0.5) is 4.39 Å². The van der Waals surface area contributed by atoms with E-state index in [1.807, 2.05) is 33.8 Å². The van der Waals surface area contributed by atoms with Gasteiger partial charge in [-0.25, -0.2) is 4.39 Å². The molecule has 1 aromatic rings. The van der Waals surface area contributed by atoms with Gasteiger partial charge in [-0.05, 0) is 18.9 Å². The van der Waals surface area contributed by atoms with Gasteiger partial charge in [0.15, 0.2) is 11.6 Å². The van der Waals surface area contributed by atoms with Gasteiger partial charge in [0.1, 0.15) is 6.61 Å². The zero-order valence-electron chi connectivity index (χ0n) is 13.0. The lowest BCUT2D eigenvalue weighted by atomic mass is 9.94. The van der Waals surface area contributed by atoms with E-state index in [9.17, 15) is 9.50 Å². The fourth-order valence-corrected chi connectivity index (χ4v) is 1.55. The standard InChI is InChI=1S/C16H26FNO2/c1-11(2)16(5,19)10-20-15-13(9-18-12(3)4)7-6-8-14(15)17/h6-8,11-12,18-19H,9-10H2,1-5H3. The van der Waals surface area contributed by atoms with Crippen molar-refractivity contribution in [2.24, 2.45) is 5.92 Å². The summed E-state index contributed by atoms with van der Waals surface area (Å²) in [5.41, 5.74) is -0.219. The summed E-state index contributed by atoms with van der Waals surface area (Å²) in [6.45, 7) is 10.2. The normalized spacial score (nSPS) is 14.7. The molecule has 0 spiro atoms. The lowest BCUT2D eigenvalue weighted by Crippen LogP contribution is -2.38. The molecule has 4 heteroatoms. The molecule has 0 saturated carbocycles. The predicted octanol–water partition coefficient (Wildman–Crippen LogP) is 3.11. The molecule has 3 nitrogen and oxygen atoms in total. The minimum atomic E-state index is -0.981. The molecule has 0 aromatic heterocycles. The number of nitrogens with one attached hydrogen (secondary N) is 1. The fraction of sp³-hybridized carbons (Fsp3) is 0.625. The number of hydrogen-bond acceptors (Lipinski definition) is 3. The summed E-state index contributed by atoms with van der Waals surface area (Å²) in [6.07, 6.45) is 0. The molecule has 0 fully saturated rings. The van der Waals surface area contributed by atoms with Crippen LogP contribution in [0.5, 0.6) is 5.75 Å². The number of rotatable bonds is 7. The van der Waals surface area contributed by atoms with Gasteiger partial charge in [0.05, 0.1) is 5.60 Å². The molecule has 0 aliphatic carbocycles. The Morgan fingerprint density at radius 1 is 1.30 bits per heavy atom. The summed E-state index contributed by atoms with van der Waals surface area (Å²) in [7, 11) is 0. The fourth-order valence-electron chi connectivity index (χ4n) is 1.55. The maximum Gasteiger partial charge on any atom is 0.165 e. The summed E-state index contributed by atoms with van der Waals surface area (Å²) in [6, 6.07) is 5.18. The van der Waals surface area contributed by atoms with Crippen molar-refractivity contribution in [3.05, 3.63) is 29.6 Å². The molecule has 1 aromatic carbocycles. The second-order valence-electron chi connectivity index (χ2n) is 6.06. The first-order chi connectivity index (χ1) is 9.24. The van der Waals surface area contributed by atoms with Crippen LogP contribution in [0.15, 0.2) is 18.2 Å². The van der Waals surface area contributed by atoms with Crippen molar-refractivity contribution in [1.29, 1.82) is 0 Å². The van der Waals surface area contributed by atoms with E-state index in [2.05, 4.69) is 5.32 Å². The summed E-state index contributed by atoms with van der Waals surface area (Å²) >= 11 is 0. The SMILES string of the molecule is CC(C)NCc1cccc(F)c1OCC(C)(O)C(C)C. The molecule has 1 rings (SSSR count). The third-order valence-corrected chi connectivity index (χ3v) is 3.50. The van der Waals surface area contributed by atoms with Crippen LogP contribution in [-0.2, 0) is 6.54 Å². The van der Waals surface area contributed by atoms with Crippen molar-refractivity contribution in [2.75, 3.05) is 6.61 Å². The molecule has 2 N–H and O–H groups in total. The van der Waals surface area contributed by atoms with Crippen LogP contribution in [0.3, 0.4) is 0 Å². The Kier molecular flexibility index (Phi) is 5.96. The molecule has 0 amide bonds. The number of benzene rings is 1. The second-order valence-corrected chi connectivity index (χ2v) is 6.06. The molecule has 0 aliphatic rings. The van der Waals surface area contributed by atoms with Crippen molar-refractivity contribution in [3.63, 3.8) is 0 Å². The van der Waals surface area contributed by atoms with E-state index in [0.717, 1.165) is 5.56 Å². The Hall–Kier alpha value is -1.13. The minimum Gasteiger partial charge on any atom is -0.487 e. The highest BCUT2D eigenvalue weighted by Gasteiger charge is 2.26. The van der Waals surface area contributed by atoms with Crippen LogP contribution in [0.2, 0.25) is 0 Å². The highest BCUT2D eigenvalue weighted by atomic mass is 19.1. The van der Waals surface area contributed by atoms with Crippen molar-refractivity contribution in [2.45, 2.75) is 52.8 Å². The molecule has 0 bridgehead atoms. The molecule has 0 heterocycles. The zero-order chi connectivity index (χ0) is 15.3. The molecular formula is C16H26FNO2. The van der Waals surface area contributed by atoms with E-state index in [1.54, 1.807) is 13.0 Å². The Bertz CT molecular complexity index is 430. The van der Waals surface area contributed by atoms with Crippen LogP contribution in [0, 0.1) is 11.7 Å². The molecule has 114 valence electrons. The van der Waals surface area contributed by atoms with Crippen molar-refractivity contribution < 1.29 is 14.2 Å². The molecule has 1 atom stereocenters. The third-order valence-electron chi connectivity index (χ3n) is 3.50. The Morgan fingerprint density at radius 2 is 1.95 bits per heavy atom. The minimum absolute atomic E-state index is 0.0338. The Labute approximate surface area is 121 Å². The zero-order valence-corrected chi connectivity index (χ0v) is 13.0. The lowest BCUT2D eigenvalue weighted by molar-refractivity contribution is -0.0277. The summed E-state index contributed by atoms with van der Waals surface area (Å²) in [5, 5.41) is 13.4. The smallest absolute Gasteiger partial charge is 0.165 e. The van der Waals surface area contributed by atoms with Crippen molar-refractivity contribution >= 4 is 0 Å². The molecule has 1 unspecified atom stereocenters. The lowest BCUT2D eigenvalue weighted by Gasteiger charge is -2.28. The third kappa shape index (κ3) is 4.76. The monoisotopic (exact) mass is 283 g/mol. The predicted molar refractivity (Wildman–Crippen MR) is 79.3 cm³/mol. The van der Waals surface area contributed by atoms with E-state index in [0.29, 0.717) is 12.6 Å². The number of ether oxygens (including phenoxy) is 1. The average molecular weight is 283 g/mol. The number of aliphatic hydroxyl groups is 1. The average Bonchev–Trinajstić information content (AvgIpc) is 2.34. The van der Waals surface area contributed by atoms with Crippen LogP contribution in [-0.4, -0.2) is 23.4 Å². The van der Waals surface area contributed by atoms with Gasteiger partial charge < -0.3 is 15.2 Å². The van der Waals surface area contributed by atoms with Crippen LogP contribution < -0.4 is 10.1 Å². The highest BCUT2D eigenvalue weighted by Crippen LogP contribution is 2.25. The van der Waals surface area contributed by atoms with Crippen LogP contribution >= 0.6 is 0 Å². The van der Waals surface area contributed by atoms with Gasteiger partial charge in [-0.2, -0.15) is 0 Å². The van der Waals surface area contributed by atoms with Crippen LogP contribution in [0.25, 0.3) is 0 Å². The maximum absolute atomic E-state index is 13.9. The maximum atomic E-state index is 13.9. The van der Waals surface area contributed by atoms with Crippen LogP contribution in [0.1, 0.15) is 40.2 Å². The second kappa shape index (κ2) is 7.04. The summed E-state index contributed by atoms with van der Waals surface area (Å²) < 4.78 is 19.5. The Morgan fingerprint density at radius 3 is 2.50 bits per heavy atom. The van der Waals surface area contributed by atoms with Crippen molar-refractivity contribution in [1.82, 2.24) is 5.32 Å². The van der Waals surface area contributed by atoms with Gasteiger partial charge in [0.25, 0.3) is 0 Å². The van der Waals surface area contributed by atoms with Crippen molar-refractivity contribution in [3.8, 4) is 5.75 Å². The number of para-hydroxylation sites is 1. The quantitative estimate of drug-likeness (QED) is 0.808. The largest absolute Gasteiger partial charge is 0.487 e. The van der Waals surface area contributed by atoms with Gasteiger partial charge in [-0.1, -0.05) is 39.8 Å². The van der Waals surface area contributed by atoms with Gasteiger partial charge in [0.2, 0.25) is 0 Å². The Balaban J connectivity index is 2.82. The summed E-state index contributed by atoms with van der Waals surface area (Å²) in [4.78, 5) is 0. The first-order valence-corrected chi connectivity index (χ1v) is 7.10. The molecule has 0 radical (unpaired) electrons. The molecule has 20 heavy (non-hydrogen) atoms. The van der Waals surface area contributed by atoms with E-state index < -0.39 is 11.4 Å². The van der Waals surface area contributed by atoms with Gasteiger partial charge in [-0.15, -0.1) is 0 Å². The summed E-state index contributed by atoms with van der Waals surface area (Å²) in [5.74, 6) is -0.138. The van der Waals surface area contributed by atoms with E-state index in [1.165, 1.54) is 6.07 Å². The number of hydrogen-bond donors (Lipinski definition) is 2. The van der Waals surface area contributed by atoms with Gasteiger partial charge in [-0.3, -0.25) is 0 Å². The van der Waals surface area contributed by atoms with Gasteiger partial charge >= 0.3 is 0 Å². The molecule has 0 saturated heterocycles. The van der Waals surface area contributed by atoms with E-state index >= 15 is 0 Å². The number of halogens is 1. The van der Waals surface area contributed by atoms with Gasteiger partial charge in [0, 0.05) is 18.2 Å². The molecular weight excluding hydrogens is 257 g/mol. The highest BCUT2D eigenvalue weighted by molar-refractivity contribution is 5.35. The molecule has 0 aliphatic heterocycles.